The zero-order valence-corrected chi connectivity index (χ0v) is 17.4. The van der Waals surface area contributed by atoms with Crippen molar-refractivity contribution in [3.8, 4) is 0 Å². The first kappa shape index (κ1) is 20.6. The van der Waals surface area contributed by atoms with Crippen LogP contribution in [0.1, 0.15) is 40.8 Å². The fourth-order valence-corrected chi connectivity index (χ4v) is 4.37. The predicted molar refractivity (Wildman–Crippen MR) is 105 cm³/mol. The third-order valence-electron chi connectivity index (χ3n) is 4.14. The second-order valence-corrected chi connectivity index (χ2v) is 8.53. The number of halogens is 3. The minimum absolute atomic E-state index is 0.199. The third kappa shape index (κ3) is 4.01. The smallest absolute Gasteiger partial charge is 0.268 e. The molecule has 1 atom stereocenters. The van der Waals surface area contributed by atoms with Gasteiger partial charge in [-0.2, -0.15) is 5.06 Å². The first-order valence-corrected chi connectivity index (χ1v) is 10.1. The molecule has 2 amide bonds. The summed E-state index contributed by atoms with van der Waals surface area (Å²) in [6.45, 7) is 3.37. The van der Waals surface area contributed by atoms with E-state index in [4.69, 9.17) is 0 Å². The lowest BCUT2D eigenvalue weighted by Gasteiger charge is -2.25. The SMILES string of the molecule is CC(C)/C=C/c1cc(F)c(C(=O)N2CC(=O)N(O)C2c2cc(Br)cs2)c(F)c1. The Morgan fingerprint density at radius 1 is 1.32 bits per heavy atom. The van der Waals surface area contributed by atoms with Crippen molar-refractivity contribution in [1.82, 2.24) is 9.96 Å². The molecule has 1 unspecified atom stereocenters. The van der Waals surface area contributed by atoms with E-state index in [9.17, 15) is 23.6 Å². The average Bonchev–Trinajstić information content (AvgIpc) is 3.16. The maximum Gasteiger partial charge on any atom is 0.268 e. The van der Waals surface area contributed by atoms with Gasteiger partial charge in [-0.05, 0) is 45.6 Å². The molecule has 0 radical (unpaired) electrons. The maximum atomic E-state index is 14.6. The molecule has 2 heterocycles. The zero-order chi connectivity index (χ0) is 20.6. The van der Waals surface area contributed by atoms with Crippen LogP contribution in [0, 0.1) is 17.6 Å². The molecule has 1 fully saturated rings. The lowest BCUT2D eigenvalue weighted by atomic mass is 10.1. The molecule has 0 spiro atoms. The Bertz CT molecular complexity index is 937. The highest BCUT2D eigenvalue weighted by Gasteiger charge is 2.43. The number of hydrogen-bond donors (Lipinski definition) is 1. The van der Waals surface area contributed by atoms with Crippen LogP contribution in [-0.2, 0) is 4.79 Å². The molecule has 0 aliphatic carbocycles. The predicted octanol–water partition coefficient (Wildman–Crippen LogP) is 4.83. The highest BCUT2D eigenvalue weighted by atomic mass is 79.9. The maximum absolute atomic E-state index is 14.6. The molecule has 28 heavy (non-hydrogen) atoms. The van der Waals surface area contributed by atoms with E-state index in [2.05, 4.69) is 15.9 Å². The molecule has 1 N–H and O–H groups in total. The van der Waals surface area contributed by atoms with Gasteiger partial charge in [0, 0.05) is 9.85 Å². The van der Waals surface area contributed by atoms with Gasteiger partial charge in [0.25, 0.3) is 11.8 Å². The summed E-state index contributed by atoms with van der Waals surface area (Å²) >= 11 is 4.47. The molecule has 0 bridgehead atoms. The Balaban J connectivity index is 1.97. The number of hydrogen-bond acceptors (Lipinski definition) is 4. The van der Waals surface area contributed by atoms with Crippen molar-refractivity contribution in [2.75, 3.05) is 6.54 Å². The number of rotatable bonds is 4. The molecule has 148 valence electrons. The van der Waals surface area contributed by atoms with Gasteiger partial charge in [-0.25, -0.2) is 8.78 Å². The van der Waals surface area contributed by atoms with Crippen LogP contribution in [0.25, 0.3) is 6.08 Å². The van der Waals surface area contributed by atoms with Gasteiger partial charge in [0.1, 0.15) is 23.7 Å². The van der Waals surface area contributed by atoms with Crippen molar-refractivity contribution in [3.05, 3.63) is 61.8 Å². The number of allylic oxidation sites excluding steroid dienone is 1. The fourth-order valence-electron chi connectivity index (χ4n) is 2.83. The number of hydroxylamine groups is 2. The molecule has 1 aliphatic rings. The normalized spacial score (nSPS) is 17.4. The number of nitrogens with zero attached hydrogens (tertiary/aromatic N) is 2. The Hall–Kier alpha value is -2.10. The van der Waals surface area contributed by atoms with Gasteiger partial charge in [-0.15, -0.1) is 11.3 Å². The van der Waals surface area contributed by atoms with Gasteiger partial charge in [0.15, 0.2) is 6.17 Å². The van der Waals surface area contributed by atoms with E-state index in [0.717, 1.165) is 17.0 Å². The molecule has 0 saturated carbocycles. The molecule has 1 aromatic heterocycles. The van der Waals surface area contributed by atoms with E-state index in [0.29, 0.717) is 20.0 Å². The Morgan fingerprint density at radius 3 is 2.50 bits per heavy atom. The van der Waals surface area contributed by atoms with Gasteiger partial charge >= 0.3 is 0 Å². The third-order valence-corrected chi connectivity index (χ3v) is 5.88. The molecule has 9 heteroatoms. The molecular formula is C19H17BrF2N2O3S. The second-order valence-electron chi connectivity index (χ2n) is 6.68. The van der Waals surface area contributed by atoms with Crippen LogP contribution in [0.3, 0.4) is 0 Å². The van der Waals surface area contributed by atoms with Crippen molar-refractivity contribution in [3.63, 3.8) is 0 Å². The molecule has 1 saturated heterocycles. The largest absolute Gasteiger partial charge is 0.302 e. The average molecular weight is 471 g/mol. The number of amides is 2. The first-order valence-electron chi connectivity index (χ1n) is 8.42. The number of carbonyl (C=O) groups is 2. The van der Waals surface area contributed by atoms with Crippen LogP contribution >= 0.6 is 27.3 Å². The van der Waals surface area contributed by atoms with Crippen LogP contribution in [-0.4, -0.2) is 33.5 Å². The highest BCUT2D eigenvalue weighted by Crippen LogP contribution is 2.36. The topological polar surface area (TPSA) is 60.9 Å². The lowest BCUT2D eigenvalue weighted by Crippen LogP contribution is -2.35. The summed E-state index contributed by atoms with van der Waals surface area (Å²) in [5.74, 6) is -3.59. The summed E-state index contributed by atoms with van der Waals surface area (Å²) in [7, 11) is 0. The molecule has 5 nitrogen and oxygen atoms in total. The molecule has 1 aromatic carbocycles. The quantitative estimate of drug-likeness (QED) is 0.650. The van der Waals surface area contributed by atoms with Crippen molar-refractivity contribution in [2.45, 2.75) is 20.0 Å². The summed E-state index contributed by atoms with van der Waals surface area (Å²) in [5, 5.41) is 12.2. The van der Waals surface area contributed by atoms with Crippen LogP contribution < -0.4 is 0 Å². The fraction of sp³-hybridized carbons (Fsp3) is 0.263. The summed E-state index contributed by atoms with van der Waals surface area (Å²) in [4.78, 5) is 26.3. The Kier molecular flexibility index (Phi) is 5.97. The van der Waals surface area contributed by atoms with Crippen LogP contribution in [0.15, 0.2) is 34.1 Å². The second kappa shape index (κ2) is 8.10. The van der Waals surface area contributed by atoms with Gasteiger partial charge < -0.3 is 4.90 Å². The summed E-state index contributed by atoms with van der Waals surface area (Å²) < 4.78 is 29.9. The minimum atomic E-state index is -1.14. The van der Waals surface area contributed by atoms with Crippen molar-refractivity contribution in [2.24, 2.45) is 5.92 Å². The molecular weight excluding hydrogens is 454 g/mol. The van der Waals surface area contributed by atoms with Gasteiger partial charge in [-0.1, -0.05) is 26.0 Å². The van der Waals surface area contributed by atoms with Crippen molar-refractivity contribution in [1.29, 1.82) is 0 Å². The van der Waals surface area contributed by atoms with Gasteiger partial charge in [0.2, 0.25) is 0 Å². The van der Waals surface area contributed by atoms with E-state index in [1.54, 1.807) is 23.6 Å². The van der Waals surface area contributed by atoms with Crippen LogP contribution in [0.4, 0.5) is 8.78 Å². The minimum Gasteiger partial charge on any atom is -0.302 e. The van der Waals surface area contributed by atoms with Crippen LogP contribution in [0.5, 0.6) is 0 Å². The van der Waals surface area contributed by atoms with E-state index < -0.39 is 41.7 Å². The van der Waals surface area contributed by atoms with E-state index in [1.165, 1.54) is 11.3 Å². The van der Waals surface area contributed by atoms with Gasteiger partial charge in [-0.3, -0.25) is 14.8 Å². The van der Waals surface area contributed by atoms with Gasteiger partial charge in [0.05, 0.1) is 4.88 Å². The first-order chi connectivity index (χ1) is 13.2. The monoisotopic (exact) mass is 470 g/mol. The highest BCUT2D eigenvalue weighted by molar-refractivity contribution is 9.10. The standard InChI is InChI=1S/C19H17BrF2N2O3S/c1-10(2)3-4-11-5-13(21)17(14(22)6-11)19(26)23-8-16(25)24(27)18(23)15-7-12(20)9-28-15/h3-7,9-10,18,27H,8H2,1-2H3/b4-3+. The lowest BCUT2D eigenvalue weighted by molar-refractivity contribution is -0.168. The molecule has 2 aromatic rings. The van der Waals surface area contributed by atoms with Crippen molar-refractivity contribution >= 4 is 45.2 Å². The summed E-state index contributed by atoms with van der Waals surface area (Å²) in [5.41, 5.74) is -0.467. The van der Waals surface area contributed by atoms with E-state index in [1.807, 2.05) is 13.8 Å². The van der Waals surface area contributed by atoms with Crippen molar-refractivity contribution < 1.29 is 23.6 Å². The zero-order valence-electron chi connectivity index (χ0n) is 15.0. The van der Waals surface area contributed by atoms with Crippen LogP contribution in [0.2, 0.25) is 0 Å². The number of benzene rings is 1. The Morgan fingerprint density at radius 2 is 1.96 bits per heavy atom. The molecule has 3 rings (SSSR count). The number of thiophene rings is 1. The summed E-state index contributed by atoms with van der Waals surface area (Å²) in [6, 6.07) is 3.77. The molecule has 1 aliphatic heterocycles. The van der Waals surface area contributed by atoms with E-state index >= 15 is 0 Å². The number of carbonyl (C=O) groups excluding carboxylic acids is 2. The Labute approximate surface area is 173 Å². The van der Waals surface area contributed by atoms with E-state index in [-0.39, 0.29) is 5.92 Å². The summed E-state index contributed by atoms with van der Waals surface area (Å²) in [6.07, 6.45) is 2.21.